The molecule has 2 heterocycles. The van der Waals surface area contributed by atoms with Gasteiger partial charge in [0, 0.05) is 21.4 Å². The van der Waals surface area contributed by atoms with Gasteiger partial charge in [0.15, 0.2) is 0 Å². The van der Waals surface area contributed by atoms with E-state index < -0.39 is 0 Å². The Balaban J connectivity index is 2.17. The van der Waals surface area contributed by atoms with E-state index in [0.717, 1.165) is 46.5 Å². The zero-order valence-electron chi connectivity index (χ0n) is 11.2. The van der Waals surface area contributed by atoms with Gasteiger partial charge in [-0.05, 0) is 67.2 Å². The largest absolute Gasteiger partial charge is 0.388 e. The second-order valence-corrected chi connectivity index (χ2v) is 6.02. The SMILES string of the molecule is Cc1nc(-n2c(C)cc3c2CCCC3O)ccc1Br. The van der Waals surface area contributed by atoms with Gasteiger partial charge in [-0.1, -0.05) is 0 Å². The fourth-order valence-electron chi connectivity index (χ4n) is 2.85. The van der Waals surface area contributed by atoms with E-state index >= 15 is 0 Å². The molecule has 0 saturated heterocycles. The lowest BCUT2D eigenvalue weighted by Crippen LogP contribution is -2.12. The monoisotopic (exact) mass is 320 g/mol. The molecule has 0 spiro atoms. The molecule has 0 aromatic carbocycles. The quantitative estimate of drug-likeness (QED) is 0.871. The maximum atomic E-state index is 10.1. The summed E-state index contributed by atoms with van der Waals surface area (Å²) in [5.74, 6) is 0.938. The number of aromatic nitrogens is 2. The lowest BCUT2D eigenvalue weighted by atomic mass is 9.95. The number of rotatable bonds is 1. The van der Waals surface area contributed by atoms with Gasteiger partial charge in [0.1, 0.15) is 5.82 Å². The maximum Gasteiger partial charge on any atom is 0.137 e. The van der Waals surface area contributed by atoms with Crippen LogP contribution in [0.5, 0.6) is 0 Å². The van der Waals surface area contributed by atoms with E-state index in [1.54, 1.807) is 0 Å². The molecule has 0 bridgehead atoms. The summed E-state index contributed by atoms with van der Waals surface area (Å²) in [5, 5.41) is 10.1. The zero-order chi connectivity index (χ0) is 13.6. The molecule has 100 valence electrons. The van der Waals surface area contributed by atoms with E-state index in [4.69, 9.17) is 0 Å². The molecule has 1 N–H and O–H groups in total. The third kappa shape index (κ3) is 2.13. The topological polar surface area (TPSA) is 38.0 Å². The third-order valence-electron chi connectivity index (χ3n) is 3.81. The minimum Gasteiger partial charge on any atom is -0.388 e. The van der Waals surface area contributed by atoms with Crippen molar-refractivity contribution in [2.45, 2.75) is 39.2 Å². The maximum absolute atomic E-state index is 10.1. The molecule has 3 nitrogen and oxygen atoms in total. The molecule has 0 amide bonds. The molecule has 1 aliphatic rings. The normalized spacial score (nSPS) is 18.4. The lowest BCUT2D eigenvalue weighted by Gasteiger charge is -2.20. The van der Waals surface area contributed by atoms with Crippen molar-refractivity contribution in [3.8, 4) is 5.82 Å². The summed E-state index contributed by atoms with van der Waals surface area (Å²) in [6.45, 7) is 4.07. The van der Waals surface area contributed by atoms with Crippen LogP contribution in [0, 0.1) is 13.8 Å². The molecule has 1 atom stereocenters. The number of pyridine rings is 1. The van der Waals surface area contributed by atoms with Gasteiger partial charge < -0.3 is 9.67 Å². The lowest BCUT2D eigenvalue weighted by molar-refractivity contribution is 0.156. The Morgan fingerprint density at radius 2 is 2.16 bits per heavy atom. The Hall–Kier alpha value is -1.13. The van der Waals surface area contributed by atoms with E-state index in [2.05, 4.69) is 38.5 Å². The summed E-state index contributed by atoms with van der Waals surface area (Å²) in [6.07, 6.45) is 2.59. The second-order valence-electron chi connectivity index (χ2n) is 5.17. The smallest absolute Gasteiger partial charge is 0.137 e. The number of fused-ring (bicyclic) bond motifs is 1. The Bertz CT molecular complexity index is 633. The first-order valence-corrected chi connectivity index (χ1v) is 7.40. The van der Waals surface area contributed by atoms with Gasteiger partial charge in [-0.25, -0.2) is 4.98 Å². The molecule has 2 aromatic heterocycles. The molecule has 2 aromatic rings. The van der Waals surface area contributed by atoms with Crippen molar-refractivity contribution in [2.75, 3.05) is 0 Å². The highest BCUT2D eigenvalue weighted by atomic mass is 79.9. The number of aliphatic hydroxyl groups is 1. The third-order valence-corrected chi connectivity index (χ3v) is 4.64. The van der Waals surface area contributed by atoms with Crippen LogP contribution in [0.2, 0.25) is 0 Å². The number of halogens is 1. The van der Waals surface area contributed by atoms with Gasteiger partial charge in [0.2, 0.25) is 0 Å². The Labute approximate surface area is 121 Å². The Morgan fingerprint density at radius 1 is 1.37 bits per heavy atom. The van der Waals surface area contributed by atoms with Crippen LogP contribution in [-0.4, -0.2) is 14.7 Å². The number of aliphatic hydroxyl groups excluding tert-OH is 1. The summed E-state index contributed by atoms with van der Waals surface area (Å²) in [5.41, 5.74) is 4.41. The van der Waals surface area contributed by atoms with Crippen LogP contribution in [0.4, 0.5) is 0 Å². The average Bonchev–Trinajstić information content (AvgIpc) is 2.71. The van der Waals surface area contributed by atoms with Crippen molar-refractivity contribution in [1.29, 1.82) is 0 Å². The predicted octanol–water partition coefficient (Wildman–Crippen LogP) is 3.62. The predicted molar refractivity (Wildman–Crippen MR) is 78.6 cm³/mol. The average molecular weight is 321 g/mol. The van der Waals surface area contributed by atoms with Crippen molar-refractivity contribution in [1.82, 2.24) is 9.55 Å². The van der Waals surface area contributed by atoms with Crippen LogP contribution in [0.15, 0.2) is 22.7 Å². The molecule has 4 heteroatoms. The molecule has 1 unspecified atom stereocenters. The van der Waals surface area contributed by atoms with E-state index in [9.17, 15) is 5.11 Å². The van der Waals surface area contributed by atoms with Crippen molar-refractivity contribution >= 4 is 15.9 Å². The highest BCUT2D eigenvalue weighted by Crippen LogP contribution is 2.33. The summed E-state index contributed by atoms with van der Waals surface area (Å²) in [6, 6.07) is 6.15. The van der Waals surface area contributed by atoms with Gasteiger partial charge in [-0.15, -0.1) is 0 Å². The van der Waals surface area contributed by atoms with Gasteiger partial charge in [0.25, 0.3) is 0 Å². The number of nitrogens with zero attached hydrogens (tertiary/aromatic N) is 2. The van der Waals surface area contributed by atoms with Gasteiger partial charge in [0.05, 0.1) is 11.8 Å². The van der Waals surface area contributed by atoms with E-state index in [1.165, 1.54) is 5.69 Å². The minimum absolute atomic E-state index is 0.319. The summed E-state index contributed by atoms with van der Waals surface area (Å²) < 4.78 is 3.20. The molecule has 0 radical (unpaired) electrons. The minimum atomic E-state index is -0.319. The van der Waals surface area contributed by atoms with Crippen LogP contribution in [0.1, 0.15) is 41.6 Å². The highest BCUT2D eigenvalue weighted by Gasteiger charge is 2.24. The van der Waals surface area contributed by atoms with Crippen LogP contribution < -0.4 is 0 Å². The molecule has 19 heavy (non-hydrogen) atoms. The Morgan fingerprint density at radius 3 is 2.89 bits per heavy atom. The standard InChI is InChI=1S/C15H17BrN2O/c1-9-8-11-13(4-3-5-14(11)19)18(9)15-7-6-12(16)10(2)17-15/h6-8,14,19H,3-5H2,1-2H3. The number of aryl methyl sites for hydroxylation is 2. The second kappa shape index (κ2) is 4.76. The molecular formula is C15H17BrN2O. The first-order chi connectivity index (χ1) is 9.08. The van der Waals surface area contributed by atoms with Crippen LogP contribution in [-0.2, 0) is 6.42 Å². The molecule has 1 aliphatic carbocycles. The van der Waals surface area contributed by atoms with Crippen molar-refractivity contribution in [2.24, 2.45) is 0 Å². The molecular weight excluding hydrogens is 304 g/mol. The van der Waals surface area contributed by atoms with Crippen LogP contribution in [0.3, 0.4) is 0 Å². The van der Waals surface area contributed by atoms with E-state index in [0.29, 0.717) is 0 Å². The summed E-state index contributed by atoms with van der Waals surface area (Å²) in [4.78, 5) is 4.64. The fourth-order valence-corrected chi connectivity index (χ4v) is 3.07. The van der Waals surface area contributed by atoms with Crippen LogP contribution in [0.25, 0.3) is 5.82 Å². The molecule has 3 rings (SSSR count). The summed E-state index contributed by atoms with van der Waals surface area (Å²) >= 11 is 3.48. The van der Waals surface area contributed by atoms with Crippen molar-refractivity contribution in [3.63, 3.8) is 0 Å². The van der Waals surface area contributed by atoms with Crippen molar-refractivity contribution < 1.29 is 5.11 Å². The molecule has 0 fully saturated rings. The first kappa shape index (κ1) is 12.9. The summed E-state index contributed by atoms with van der Waals surface area (Å²) in [7, 11) is 0. The van der Waals surface area contributed by atoms with E-state index in [1.807, 2.05) is 19.1 Å². The van der Waals surface area contributed by atoms with Gasteiger partial charge in [-0.3, -0.25) is 0 Å². The number of hydrogen-bond acceptors (Lipinski definition) is 2. The van der Waals surface area contributed by atoms with Gasteiger partial charge in [-0.2, -0.15) is 0 Å². The molecule has 0 saturated carbocycles. The molecule has 0 aliphatic heterocycles. The van der Waals surface area contributed by atoms with Crippen molar-refractivity contribution in [3.05, 3.63) is 45.3 Å². The first-order valence-electron chi connectivity index (χ1n) is 6.60. The Kier molecular flexibility index (Phi) is 3.23. The number of hydrogen-bond donors (Lipinski definition) is 1. The highest BCUT2D eigenvalue weighted by molar-refractivity contribution is 9.10. The zero-order valence-corrected chi connectivity index (χ0v) is 12.7. The fraction of sp³-hybridized carbons (Fsp3) is 0.400. The van der Waals surface area contributed by atoms with E-state index in [-0.39, 0.29) is 6.10 Å². The van der Waals surface area contributed by atoms with Gasteiger partial charge >= 0.3 is 0 Å². The van der Waals surface area contributed by atoms with Crippen LogP contribution >= 0.6 is 15.9 Å².